The van der Waals surface area contributed by atoms with Crippen LogP contribution in [0.3, 0.4) is 0 Å². The molecule has 1 aromatic heterocycles. The molecule has 0 aliphatic carbocycles. The molecular formula is C15H17FN2. The molecule has 1 unspecified atom stereocenters. The first-order valence-corrected chi connectivity index (χ1v) is 6.12. The van der Waals surface area contributed by atoms with Gasteiger partial charge in [0.15, 0.2) is 0 Å². The molecule has 0 saturated carbocycles. The van der Waals surface area contributed by atoms with Crippen molar-refractivity contribution in [2.45, 2.75) is 18.9 Å². The molecule has 2 aromatic rings. The predicted octanol–water partition coefficient (Wildman–Crippen LogP) is 3.11. The van der Waals surface area contributed by atoms with E-state index in [0.29, 0.717) is 6.42 Å². The minimum absolute atomic E-state index is 0.222. The molecule has 0 saturated heterocycles. The fourth-order valence-corrected chi connectivity index (χ4v) is 2.07. The maximum atomic E-state index is 13.5. The second-order valence-corrected chi connectivity index (χ2v) is 4.26. The Morgan fingerprint density at radius 3 is 2.67 bits per heavy atom. The molecular weight excluding hydrogens is 227 g/mol. The third-order valence-electron chi connectivity index (χ3n) is 3.11. The Labute approximate surface area is 107 Å². The van der Waals surface area contributed by atoms with Gasteiger partial charge in [-0.15, -0.1) is 0 Å². The van der Waals surface area contributed by atoms with Crippen LogP contribution in [0.15, 0.2) is 48.8 Å². The van der Waals surface area contributed by atoms with Crippen molar-refractivity contribution in [1.82, 2.24) is 10.3 Å². The molecule has 0 aliphatic heterocycles. The van der Waals surface area contributed by atoms with Gasteiger partial charge in [-0.1, -0.05) is 30.3 Å². The molecule has 0 spiro atoms. The summed E-state index contributed by atoms with van der Waals surface area (Å²) >= 11 is 0. The van der Waals surface area contributed by atoms with Crippen LogP contribution in [0.5, 0.6) is 0 Å². The number of hydrogen-bond donors (Lipinski definition) is 1. The smallest absolute Gasteiger partial charge is 0.144 e. The second kappa shape index (κ2) is 6.26. The number of rotatable bonds is 5. The van der Waals surface area contributed by atoms with Crippen LogP contribution in [0.4, 0.5) is 4.39 Å². The molecule has 3 heteroatoms. The van der Waals surface area contributed by atoms with Crippen LogP contribution in [0, 0.1) is 5.82 Å². The first kappa shape index (κ1) is 12.7. The van der Waals surface area contributed by atoms with Crippen molar-refractivity contribution < 1.29 is 4.39 Å². The Morgan fingerprint density at radius 2 is 2.00 bits per heavy atom. The van der Waals surface area contributed by atoms with Crippen LogP contribution in [0.1, 0.15) is 23.6 Å². The summed E-state index contributed by atoms with van der Waals surface area (Å²) in [6.07, 6.45) is 4.47. The van der Waals surface area contributed by atoms with E-state index in [0.717, 1.165) is 12.0 Å². The summed E-state index contributed by atoms with van der Waals surface area (Å²) in [5.74, 6) is -0.222. The summed E-state index contributed by atoms with van der Waals surface area (Å²) in [7, 11) is 1.93. The van der Waals surface area contributed by atoms with Crippen LogP contribution < -0.4 is 5.32 Å². The van der Waals surface area contributed by atoms with E-state index in [2.05, 4.69) is 22.4 Å². The lowest BCUT2D eigenvalue weighted by Crippen LogP contribution is -2.17. The highest BCUT2D eigenvalue weighted by Crippen LogP contribution is 2.19. The topological polar surface area (TPSA) is 24.9 Å². The van der Waals surface area contributed by atoms with E-state index in [9.17, 15) is 4.39 Å². The summed E-state index contributed by atoms with van der Waals surface area (Å²) in [6.45, 7) is 0. The van der Waals surface area contributed by atoms with Gasteiger partial charge in [0.25, 0.3) is 0 Å². The minimum Gasteiger partial charge on any atom is -0.313 e. The number of nitrogens with zero attached hydrogens (tertiary/aromatic N) is 1. The number of aryl methyl sites for hydroxylation is 1. The number of halogens is 1. The summed E-state index contributed by atoms with van der Waals surface area (Å²) in [4.78, 5) is 3.76. The first-order valence-electron chi connectivity index (χ1n) is 6.12. The second-order valence-electron chi connectivity index (χ2n) is 4.26. The van der Waals surface area contributed by atoms with Crippen LogP contribution in [0.2, 0.25) is 0 Å². The van der Waals surface area contributed by atoms with Crippen LogP contribution >= 0.6 is 0 Å². The molecule has 0 radical (unpaired) electrons. The SMILES string of the molecule is CNC(CCc1ccncc1F)c1ccccc1. The van der Waals surface area contributed by atoms with Gasteiger partial charge in [0.1, 0.15) is 5.82 Å². The predicted molar refractivity (Wildman–Crippen MR) is 70.8 cm³/mol. The molecule has 0 aliphatic rings. The van der Waals surface area contributed by atoms with Crippen molar-refractivity contribution in [3.63, 3.8) is 0 Å². The molecule has 1 aromatic carbocycles. The standard InChI is InChI=1S/C15H17FN2/c1-17-15(13-5-3-2-4-6-13)8-7-12-9-10-18-11-14(12)16/h2-6,9-11,15,17H,7-8H2,1H3. The monoisotopic (exact) mass is 244 g/mol. The Kier molecular flexibility index (Phi) is 4.42. The van der Waals surface area contributed by atoms with Crippen LogP contribution in [0.25, 0.3) is 0 Å². The Balaban J connectivity index is 2.02. The largest absolute Gasteiger partial charge is 0.313 e. The lowest BCUT2D eigenvalue weighted by molar-refractivity contribution is 0.533. The quantitative estimate of drug-likeness (QED) is 0.874. The van der Waals surface area contributed by atoms with E-state index >= 15 is 0 Å². The Bertz CT molecular complexity index is 485. The highest BCUT2D eigenvalue weighted by Gasteiger charge is 2.10. The van der Waals surface area contributed by atoms with Gasteiger partial charge in [0.05, 0.1) is 6.20 Å². The van der Waals surface area contributed by atoms with E-state index in [4.69, 9.17) is 0 Å². The van der Waals surface area contributed by atoms with E-state index in [1.807, 2.05) is 25.2 Å². The van der Waals surface area contributed by atoms with Crippen LogP contribution in [-0.2, 0) is 6.42 Å². The van der Waals surface area contributed by atoms with Crippen molar-refractivity contribution in [2.75, 3.05) is 7.05 Å². The van der Waals surface area contributed by atoms with Crippen molar-refractivity contribution in [3.05, 3.63) is 65.7 Å². The average molecular weight is 244 g/mol. The van der Waals surface area contributed by atoms with Gasteiger partial charge in [-0.3, -0.25) is 4.98 Å². The zero-order chi connectivity index (χ0) is 12.8. The molecule has 2 nitrogen and oxygen atoms in total. The van der Waals surface area contributed by atoms with Crippen molar-refractivity contribution >= 4 is 0 Å². The number of benzene rings is 1. The summed E-state index contributed by atoms with van der Waals surface area (Å²) in [5.41, 5.74) is 1.95. The van der Waals surface area contributed by atoms with Crippen molar-refractivity contribution in [2.24, 2.45) is 0 Å². The molecule has 94 valence electrons. The number of nitrogens with one attached hydrogen (secondary N) is 1. The molecule has 1 heterocycles. The first-order chi connectivity index (χ1) is 8.81. The lowest BCUT2D eigenvalue weighted by Gasteiger charge is -2.16. The van der Waals surface area contributed by atoms with E-state index in [-0.39, 0.29) is 11.9 Å². The van der Waals surface area contributed by atoms with Gasteiger partial charge in [-0.25, -0.2) is 4.39 Å². The van der Waals surface area contributed by atoms with Gasteiger partial charge >= 0.3 is 0 Å². The third kappa shape index (κ3) is 3.14. The van der Waals surface area contributed by atoms with Crippen molar-refractivity contribution in [1.29, 1.82) is 0 Å². The summed E-state index contributed by atoms with van der Waals surface area (Å²) in [6, 6.07) is 12.2. The maximum absolute atomic E-state index is 13.5. The Morgan fingerprint density at radius 1 is 1.22 bits per heavy atom. The summed E-state index contributed by atoms with van der Waals surface area (Å²) in [5, 5.41) is 3.27. The normalized spacial score (nSPS) is 12.3. The zero-order valence-electron chi connectivity index (χ0n) is 10.4. The highest BCUT2D eigenvalue weighted by molar-refractivity contribution is 5.20. The Hall–Kier alpha value is -1.74. The highest BCUT2D eigenvalue weighted by atomic mass is 19.1. The van der Waals surface area contributed by atoms with Crippen molar-refractivity contribution in [3.8, 4) is 0 Å². The molecule has 18 heavy (non-hydrogen) atoms. The average Bonchev–Trinajstić information content (AvgIpc) is 2.42. The fraction of sp³-hybridized carbons (Fsp3) is 0.267. The van der Waals surface area contributed by atoms with E-state index in [1.165, 1.54) is 11.8 Å². The maximum Gasteiger partial charge on any atom is 0.144 e. The van der Waals surface area contributed by atoms with Gasteiger partial charge in [0, 0.05) is 12.2 Å². The molecule has 1 N–H and O–H groups in total. The summed E-state index contributed by atoms with van der Waals surface area (Å²) < 4.78 is 13.5. The molecule has 0 bridgehead atoms. The number of aromatic nitrogens is 1. The minimum atomic E-state index is -0.222. The van der Waals surface area contributed by atoms with Gasteiger partial charge < -0.3 is 5.32 Å². The molecule has 2 rings (SSSR count). The van der Waals surface area contributed by atoms with Gasteiger partial charge in [0.2, 0.25) is 0 Å². The molecule has 0 amide bonds. The van der Waals surface area contributed by atoms with E-state index in [1.54, 1.807) is 12.3 Å². The lowest BCUT2D eigenvalue weighted by atomic mass is 9.99. The number of hydrogen-bond acceptors (Lipinski definition) is 2. The van der Waals surface area contributed by atoms with Crippen LogP contribution in [-0.4, -0.2) is 12.0 Å². The molecule has 0 fully saturated rings. The van der Waals surface area contributed by atoms with E-state index < -0.39 is 0 Å². The third-order valence-corrected chi connectivity index (χ3v) is 3.11. The molecule has 1 atom stereocenters. The zero-order valence-corrected chi connectivity index (χ0v) is 10.4. The van der Waals surface area contributed by atoms with Gasteiger partial charge in [-0.2, -0.15) is 0 Å². The van der Waals surface area contributed by atoms with Gasteiger partial charge in [-0.05, 0) is 37.1 Å². The fourth-order valence-electron chi connectivity index (χ4n) is 2.07. The number of pyridine rings is 1.